The highest BCUT2D eigenvalue weighted by Gasteiger charge is 1.98. The molecule has 0 spiro atoms. The fourth-order valence-electron chi connectivity index (χ4n) is 2.41. The van der Waals surface area contributed by atoms with Crippen LogP contribution in [0.2, 0.25) is 0 Å². The predicted molar refractivity (Wildman–Crippen MR) is 95.8 cm³/mol. The second kappa shape index (κ2) is 8.16. The van der Waals surface area contributed by atoms with Crippen LogP contribution in [0.4, 0.5) is 10.1 Å². The number of hydrogen-bond acceptors (Lipinski definition) is 2. The molecule has 0 radical (unpaired) electrons. The second-order valence-corrected chi connectivity index (χ2v) is 5.59. The summed E-state index contributed by atoms with van der Waals surface area (Å²) >= 11 is 0. The fourth-order valence-corrected chi connectivity index (χ4v) is 2.41. The normalized spacial score (nSPS) is 10.4. The van der Waals surface area contributed by atoms with Gasteiger partial charge in [-0.1, -0.05) is 42.5 Å². The van der Waals surface area contributed by atoms with Crippen molar-refractivity contribution in [3.8, 4) is 5.75 Å². The summed E-state index contributed by atoms with van der Waals surface area (Å²) in [6.45, 7) is 1.35. The third-order valence-electron chi connectivity index (χ3n) is 3.77. The lowest BCUT2D eigenvalue weighted by atomic mass is 10.2. The van der Waals surface area contributed by atoms with Gasteiger partial charge in [0.05, 0.1) is 6.61 Å². The molecule has 3 aromatic rings. The van der Waals surface area contributed by atoms with E-state index in [4.69, 9.17) is 4.74 Å². The second-order valence-electron chi connectivity index (χ2n) is 5.59. The molecule has 0 atom stereocenters. The molecule has 3 heteroatoms. The number of ether oxygens (including phenoxy) is 1. The average Bonchev–Trinajstić information content (AvgIpc) is 2.63. The van der Waals surface area contributed by atoms with Gasteiger partial charge in [-0.3, -0.25) is 0 Å². The van der Waals surface area contributed by atoms with Crippen molar-refractivity contribution in [2.75, 3.05) is 11.9 Å². The molecule has 2 nitrogen and oxygen atoms in total. The first kappa shape index (κ1) is 16.1. The number of benzene rings is 3. The van der Waals surface area contributed by atoms with Crippen LogP contribution in [0.5, 0.6) is 5.75 Å². The molecule has 0 amide bonds. The quantitative estimate of drug-likeness (QED) is 0.657. The van der Waals surface area contributed by atoms with E-state index in [0.717, 1.165) is 23.4 Å². The lowest BCUT2D eigenvalue weighted by Crippen LogP contribution is -2.02. The van der Waals surface area contributed by atoms with Crippen LogP contribution in [-0.2, 0) is 13.0 Å². The molecule has 0 saturated heterocycles. The maximum atomic E-state index is 12.9. The van der Waals surface area contributed by atoms with E-state index in [9.17, 15) is 4.39 Å². The third-order valence-corrected chi connectivity index (χ3v) is 3.77. The molecular weight excluding hydrogens is 301 g/mol. The van der Waals surface area contributed by atoms with Gasteiger partial charge in [-0.05, 0) is 47.5 Å². The molecule has 0 aromatic heterocycles. The van der Waals surface area contributed by atoms with E-state index in [1.54, 1.807) is 12.1 Å². The van der Waals surface area contributed by atoms with Crippen molar-refractivity contribution in [2.24, 2.45) is 0 Å². The van der Waals surface area contributed by atoms with E-state index < -0.39 is 0 Å². The first-order valence-electron chi connectivity index (χ1n) is 8.05. The third kappa shape index (κ3) is 4.85. The van der Waals surface area contributed by atoms with Gasteiger partial charge in [0.2, 0.25) is 0 Å². The molecule has 0 aliphatic rings. The smallest absolute Gasteiger partial charge is 0.123 e. The predicted octanol–water partition coefficient (Wildman–Crippen LogP) is 5.06. The van der Waals surface area contributed by atoms with Crippen molar-refractivity contribution in [1.82, 2.24) is 0 Å². The number of nitrogens with one attached hydrogen (secondary N) is 1. The van der Waals surface area contributed by atoms with Crippen molar-refractivity contribution in [2.45, 2.75) is 13.0 Å². The van der Waals surface area contributed by atoms with E-state index in [1.807, 2.05) is 42.5 Å². The van der Waals surface area contributed by atoms with Crippen LogP contribution in [0, 0.1) is 5.82 Å². The van der Waals surface area contributed by atoms with Crippen molar-refractivity contribution in [1.29, 1.82) is 0 Å². The summed E-state index contributed by atoms with van der Waals surface area (Å²) < 4.78 is 18.6. The van der Waals surface area contributed by atoms with Crippen molar-refractivity contribution < 1.29 is 9.13 Å². The molecule has 0 heterocycles. The van der Waals surface area contributed by atoms with Gasteiger partial charge in [0.1, 0.15) is 11.6 Å². The van der Waals surface area contributed by atoms with Crippen LogP contribution in [0.15, 0.2) is 78.9 Å². The first-order chi connectivity index (χ1) is 11.8. The summed E-state index contributed by atoms with van der Waals surface area (Å²) in [7, 11) is 0. The summed E-state index contributed by atoms with van der Waals surface area (Å²) in [4.78, 5) is 0. The average molecular weight is 321 g/mol. The Morgan fingerprint density at radius 3 is 2.17 bits per heavy atom. The summed E-state index contributed by atoms with van der Waals surface area (Å²) in [5.41, 5.74) is 3.33. The van der Waals surface area contributed by atoms with Gasteiger partial charge in [-0.25, -0.2) is 4.39 Å². The minimum absolute atomic E-state index is 0.224. The minimum Gasteiger partial charge on any atom is -0.493 e. The maximum absolute atomic E-state index is 12.9. The molecule has 24 heavy (non-hydrogen) atoms. The van der Waals surface area contributed by atoms with Crippen molar-refractivity contribution >= 4 is 5.69 Å². The lowest BCUT2D eigenvalue weighted by molar-refractivity contribution is 0.322. The summed E-state index contributed by atoms with van der Waals surface area (Å²) in [5, 5.41) is 3.26. The van der Waals surface area contributed by atoms with Gasteiger partial charge in [-0.15, -0.1) is 0 Å². The maximum Gasteiger partial charge on any atom is 0.123 e. The van der Waals surface area contributed by atoms with Gasteiger partial charge in [-0.2, -0.15) is 0 Å². The Labute approximate surface area is 141 Å². The van der Waals surface area contributed by atoms with E-state index >= 15 is 0 Å². The van der Waals surface area contributed by atoms with Crippen LogP contribution in [0.25, 0.3) is 0 Å². The molecule has 0 saturated carbocycles. The van der Waals surface area contributed by atoms with Crippen LogP contribution < -0.4 is 10.1 Å². The van der Waals surface area contributed by atoms with E-state index in [2.05, 4.69) is 17.4 Å². The van der Waals surface area contributed by atoms with Gasteiger partial charge in [0.25, 0.3) is 0 Å². The van der Waals surface area contributed by atoms with E-state index in [1.165, 1.54) is 17.7 Å². The number of halogens is 1. The summed E-state index contributed by atoms with van der Waals surface area (Å²) in [6.07, 6.45) is 0.898. The molecule has 0 aliphatic carbocycles. The van der Waals surface area contributed by atoms with Crippen molar-refractivity contribution in [3.05, 3.63) is 95.8 Å². The van der Waals surface area contributed by atoms with Crippen LogP contribution >= 0.6 is 0 Å². The highest BCUT2D eigenvalue weighted by molar-refractivity contribution is 5.43. The Hall–Kier alpha value is -2.81. The number of rotatable bonds is 7. The van der Waals surface area contributed by atoms with Gasteiger partial charge >= 0.3 is 0 Å². The minimum atomic E-state index is -0.224. The molecular formula is C21H20FNO. The van der Waals surface area contributed by atoms with E-state index in [-0.39, 0.29) is 5.82 Å². The Morgan fingerprint density at radius 2 is 1.46 bits per heavy atom. The summed E-state index contributed by atoms with van der Waals surface area (Å²) in [6, 6.07) is 24.7. The topological polar surface area (TPSA) is 21.3 Å². The Bertz CT molecular complexity index is 739. The Kier molecular flexibility index (Phi) is 5.46. The molecule has 3 rings (SSSR count). The fraction of sp³-hybridized carbons (Fsp3) is 0.143. The van der Waals surface area contributed by atoms with Crippen LogP contribution in [0.3, 0.4) is 0 Å². The van der Waals surface area contributed by atoms with Crippen molar-refractivity contribution in [3.63, 3.8) is 0 Å². The monoisotopic (exact) mass is 321 g/mol. The Morgan fingerprint density at radius 1 is 0.750 bits per heavy atom. The van der Waals surface area contributed by atoms with Gasteiger partial charge < -0.3 is 10.1 Å². The summed E-state index contributed by atoms with van der Waals surface area (Å²) in [5.74, 6) is 0.647. The zero-order valence-corrected chi connectivity index (χ0v) is 13.4. The number of hydrogen-bond donors (Lipinski definition) is 1. The molecule has 0 fully saturated rings. The lowest BCUT2D eigenvalue weighted by Gasteiger charge is -2.09. The van der Waals surface area contributed by atoms with Gasteiger partial charge in [0, 0.05) is 18.7 Å². The molecule has 0 bridgehead atoms. The van der Waals surface area contributed by atoms with Crippen LogP contribution in [0.1, 0.15) is 11.1 Å². The largest absolute Gasteiger partial charge is 0.493 e. The Balaban J connectivity index is 1.45. The highest BCUT2D eigenvalue weighted by atomic mass is 19.1. The zero-order chi connectivity index (χ0) is 16.6. The number of anilines is 1. The molecule has 1 N–H and O–H groups in total. The zero-order valence-electron chi connectivity index (χ0n) is 13.4. The van der Waals surface area contributed by atoms with Crippen LogP contribution in [-0.4, -0.2) is 6.61 Å². The molecule has 0 aliphatic heterocycles. The highest BCUT2D eigenvalue weighted by Crippen LogP contribution is 2.15. The standard InChI is InChI=1S/C21H20FNO/c22-19-8-10-20(11-9-19)23-16-18-6-12-21(13-7-18)24-15-14-17-4-2-1-3-5-17/h1-13,23H,14-16H2. The first-order valence-corrected chi connectivity index (χ1v) is 8.05. The van der Waals surface area contributed by atoms with E-state index in [0.29, 0.717) is 13.2 Å². The molecule has 3 aromatic carbocycles. The van der Waals surface area contributed by atoms with Gasteiger partial charge in [0.15, 0.2) is 0 Å². The molecule has 0 unspecified atom stereocenters. The SMILES string of the molecule is Fc1ccc(NCc2ccc(OCCc3ccccc3)cc2)cc1. The molecule has 122 valence electrons.